The van der Waals surface area contributed by atoms with Gasteiger partial charge in [0.2, 0.25) is 0 Å². The molecule has 0 radical (unpaired) electrons. The van der Waals surface area contributed by atoms with Crippen LogP contribution in [0.4, 0.5) is 0 Å². The Morgan fingerprint density at radius 3 is 1.84 bits per heavy atom. The van der Waals surface area contributed by atoms with Gasteiger partial charge in [-0.2, -0.15) is 0 Å². The van der Waals surface area contributed by atoms with E-state index in [0.717, 1.165) is 27.5 Å². The minimum Gasteiger partial charge on any atom is -0.457 e. The van der Waals surface area contributed by atoms with Crippen molar-refractivity contribution in [2.75, 3.05) is 0 Å². The molecule has 0 unspecified atom stereocenters. The van der Waals surface area contributed by atoms with Crippen molar-refractivity contribution in [2.45, 2.75) is 5.60 Å². The van der Waals surface area contributed by atoms with Crippen molar-refractivity contribution in [3.63, 3.8) is 0 Å². The number of benzene rings is 4. The average Bonchev–Trinajstić information content (AvgIpc) is 2.68. The highest BCUT2D eigenvalue weighted by atomic mass is 16.5. The molecular formula is C23H16O2. The molecule has 2 nitrogen and oxygen atoms in total. The summed E-state index contributed by atoms with van der Waals surface area (Å²) in [6.45, 7) is 0. The second-order valence-electron chi connectivity index (χ2n) is 6.37. The molecule has 0 aliphatic carbocycles. The number of ether oxygens (including phenoxy) is 1. The fourth-order valence-electron chi connectivity index (χ4n) is 3.70. The van der Waals surface area contributed by atoms with Gasteiger partial charge in [-0.25, -0.2) is 0 Å². The number of hydrogen-bond donors (Lipinski definition) is 1. The molecule has 25 heavy (non-hydrogen) atoms. The molecule has 2 heteroatoms. The van der Waals surface area contributed by atoms with E-state index in [0.29, 0.717) is 11.5 Å². The van der Waals surface area contributed by atoms with E-state index >= 15 is 0 Å². The molecule has 0 aromatic heterocycles. The minimum atomic E-state index is -1.24. The van der Waals surface area contributed by atoms with E-state index in [9.17, 15) is 5.11 Å². The van der Waals surface area contributed by atoms with E-state index < -0.39 is 5.60 Å². The molecule has 120 valence electrons. The van der Waals surface area contributed by atoms with Crippen molar-refractivity contribution in [1.29, 1.82) is 0 Å². The first kappa shape index (κ1) is 14.3. The normalized spacial score (nSPS) is 14.4. The Hall–Kier alpha value is -3.10. The molecule has 0 saturated heterocycles. The maximum Gasteiger partial charge on any atom is 0.147 e. The van der Waals surface area contributed by atoms with E-state index in [-0.39, 0.29) is 0 Å². The van der Waals surface area contributed by atoms with Crippen LogP contribution in [0.1, 0.15) is 16.7 Å². The number of aliphatic hydroxyl groups is 1. The molecule has 0 spiro atoms. The van der Waals surface area contributed by atoms with E-state index in [1.165, 1.54) is 0 Å². The zero-order chi connectivity index (χ0) is 16.9. The fourth-order valence-corrected chi connectivity index (χ4v) is 3.70. The van der Waals surface area contributed by atoms with E-state index in [1.807, 2.05) is 66.7 Å². The second kappa shape index (κ2) is 5.20. The SMILES string of the molecule is OC1(c2ccc3ccccc3c2)c2ccccc2Oc2ccccc21. The summed E-state index contributed by atoms with van der Waals surface area (Å²) in [5.74, 6) is 1.38. The van der Waals surface area contributed by atoms with Crippen LogP contribution in [0.3, 0.4) is 0 Å². The summed E-state index contributed by atoms with van der Waals surface area (Å²) >= 11 is 0. The predicted molar refractivity (Wildman–Crippen MR) is 99.0 cm³/mol. The van der Waals surface area contributed by atoms with Crippen LogP contribution in [0.2, 0.25) is 0 Å². The van der Waals surface area contributed by atoms with E-state index in [4.69, 9.17) is 4.74 Å². The lowest BCUT2D eigenvalue weighted by Crippen LogP contribution is -2.32. The standard InChI is InChI=1S/C23H16O2/c24-23(18-14-13-16-7-1-2-8-17(16)15-18)19-9-3-5-11-21(19)25-22-12-6-4-10-20(22)23/h1-15,24H. The highest BCUT2D eigenvalue weighted by Crippen LogP contribution is 2.50. The average molecular weight is 324 g/mol. The molecule has 0 bridgehead atoms. The summed E-state index contributed by atoms with van der Waals surface area (Å²) in [5.41, 5.74) is 1.14. The molecule has 4 aromatic rings. The van der Waals surface area contributed by atoms with E-state index in [1.54, 1.807) is 0 Å². The molecular weight excluding hydrogens is 308 g/mol. The van der Waals surface area contributed by atoms with Crippen molar-refractivity contribution >= 4 is 10.8 Å². The third kappa shape index (κ3) is 2.01. The first-order valence-corrected chi connectivity index (χ1v) is 8.35. The van der Waals surface area contributed by atoms with Gasteiger partial charge in [-0.1, -0.05) is 72.8 Å². The first-order valence-electron chi connectivity index (χ1n) is 8.35. The maximum atomic E-state index is 11.9. The largest absolute Gasteiger partial charge is 0.457 e. The Morgan fingerprint density at radius 2 is 1.16 bits per heavy atom. The molecule has 0 fully saturated rings. The van der Waals surface area contributed by atoms with E-state index in [2.05, 4.69) is 24.3 Å². The van der Waals surface area contributed by atoms with Crippen molar-refractivity contribution < 1.29 is 9.84 Å². The Labute approximate surface area is 145 Å². The molecule has 1 N–H and O–H groups in total. The Morgan fingerprint density at radius 1 is 0.600 bits per heavy atom. The van der Waals surface area contributed by atoms with Gasteiger partial charge in [0.05, 0.1) is 0 Å². The second-order valence-corrected chi connectivity index (χ2v) is 6.37. The maximum absolute atomic E-state index is 11.9. The van der Waals surface area contributed by atoms with Crippen LogP contribution < -0.4 is 4.74 Å². The van der Waals surface area contributed by atoms with Crippen molar-refractivity contribution in [1.82, 2.24) is 0 Å². The van der Waals surface area contributed by atoms with Gasteiger partial charge in [0.15, 0.2) is 0 Å². The fraction of sp³-hybridized carbons (Fsp3) is 0.0435. The summed E-state index contributed by atoms with van der Waals surface area (Å²) in [7, 11) is 0. The molecule has 0 amide bonds. The molecule has 5 rings (SSSR count). The molecule has 1 aliphatic heterocycles. The molecule has 0 saturated carbocycles. The van der Waals surface area contributed by atoms with Crippen molar-refractivity contribution in [3.8, 4) is 11.5 Å². The number of hydrogen-bond acceptors (Lipinski definition) is 2. The Balaban J connectivity index is 1.84. The number of para-hydroxylation sites is 2. The van der Waals surface area contributed by atoms with Crippen LogP contribution in [-0.4, -0.2) is 5.11 Å². The quantitative estimate of drug-likeness (QED) is 0.519. The van der Waals surface area contributed by atoms with Gasteiger partial charge in [0, 0.05) is 11.1 Å². The summed E-state index contributed by atoms with van der Waals surface area (Å²) in [5, 5.41) is 14.2. The molecule has 4 aromatic carbocycles. The van der Waals surface area contributed by atoms with Crippen LogP contribution in [0.25, 0.3) is 10.8 Å². The number of rotatable bonds is 1. The highest BCUT2D eigenvalue weighted by Gasteiger charge is 2.41. The summed E-state index contributed by atoms with van der Waals surface area (Å²) in [6, 6.07) is 29.7. The topological polar surface area (TPSA) is 29.5 Å². The third-order valence-corrected chi connectivity index (χ3v) is 4.94. The monoisotopic (exact) mass is 324 g/mol. The summed E-state index contributed by atoms with van der Waals surface area (Å²) in [6.07, 6.45) is 0. The Bertz CT molecular complexity index is 1050. The van der Waals surface area contributed by atoms with Gasteiger partial charge in [0.25, 0.3) is 0 Å². The first-order chi connectivity index (χ1) is 12.3. The predicted octanol–water partition coefficient (Wildman–Crippen LogP) is 5.23. The zero-order valence-electron chi connectivity index (χ0n) is 13.5. The van der Waals surface area contributed by atoms with Gasteiger partial charge in [-0.3, -0.25) is 0 Å². The lowest BCUT2D eigenvalue weighted by atomic mass is 9.77. The van der Waals surface area contributed by atoms with Crippen LogP contribution in [0, 0.1) is 0 Å². The lowest BCUT2D eigenvalue weighted by Gasteiger charge is -2.36. The summed E-state index contributed by atoms with van der Waals surface area (Å²) < 4.78 is 6.02. The van der Waals surface area contributed by atoms with Gasteiger partial charge < -0.3 is 9.84 Å². The smallest absolute Gasteiger partial charge is 0.147 e. The van der Waals surface area contributed by atoms with Crippen molar-refractivity contribution in [2.24, 2.45) is 0 Å². The van der Waals surface area contributed by atoms with Crippen LogP contribution >= 0.6 is 0 Å². The summed E-state index contributed by atoms with van der Waals surface area (Å²) in [4.78, 5) is 0. The Kier molecular flexibility index (Phi) is 2.97. The lowest BCUT2D eigenvalue weighted by molar-refractivity contribution is 0.113. The minimum absolute atomic E-state index is 0.692. The van der Waals surface area contributed by atoms with Crippen LogP contribution in [-0.2, 0) is 5.60 Å². The van der Waals surface area contributed by atoms with Gasteiger partial charge in [-0.15, -0.1) is 0 Å². The molecule has 0 atom stereocenters. The van der Waals surface area contributed by atoms with Gasteiger partial charge >= 0.3 is 0 Å². The third-order valence-electron chi connectivity index (χ3n) is 4.94. The van der Waals surface area contributed by atoms with Crippen LogP contribution in [0.5, 0.6) is 11.5 Å². The van der Waals surface area contributed by atoms with Gasteiger partial charge in [0.1, 0.15) is 17.1 Å². The van der Waals surface area contributed by atoms with Gasteiger partial charge in [-0.05, 0) is 34.5 Å². The van der Waals surface area contributed by atoms with Crippen molar-refractivity contribution in [3.05, 3.63) is 108 Å². The van der Waals surface area contributed by atoms with Crippen LogP contribution in [0.15, 0.2) is 91.0 Å². The number of fused-ring (bicyclic) bond motifs is 3. The molecule has 1 heterocycles. The molecule has 1 aliphatic rings. The highest BCUT2D eigenvalue weighted by molar-refractivity contribution is 5.84. The zero-order valence-corrected chi connectivity index (χ0v) is 13.5.